The topological polar surface area (TPSA) is 105 Å². The van der Waals surface area contributed by atoms with E-state index < -0.39 is 12.0 Å². The summed E-state index contributed by atoms with van der Waals surface area (Å²) in [7, 11) is 0. The first-order valence-electron chi connectivity index (χ1n) is 11.2. The van der Waals surface area contributed by atoms with Crippen LogP contribution < -0.4 is 5.73 Å². The number of amides is 2. The van der Waals surface area contributed by atoms with E-state index in [0.717, 1.165) is 28.8 Å². The van der Waals surface area contributed by atoms with Crippen LogP contribution in [0.15, 0.2) is 90.1 Å². The molecule has 2 amide bonds. The van der Waals surface area contributed by atoms with E-state index in [4.69, 9.17) is 15.7 Å². The van der Waals surface area contributed by atoms with Crippen molar-refractivity contribution in [2.75, 3.05) is 13.1 Å². The highest BCUT2D eigenvalue weighted by Crippen LogP contribution is 2.36. The number of oxime groups is 1. The summed E-state index contributed by atoms with van der Waals surface area (Å²) in [6, 6.07) is 27.3. The molecule has 1 spiro atoms. The number of hydrogen-bond donors (Lipinski definition) is 2. The maximum atomic E-state index is 10.9. The van der Waals surface area contributed by atoms with E-state index in [1.807, 2.05) is 72.8 Å². The predicted octanol–water partition coefficient (Wildman–Crippen LogP) is 4.78. The molecule has 0 radical (unpaired) electrons. The van der Waals surface area contributed by atoms with Gasteiger partial charge in [0.15, 0.2) is 0 Å². The summed E-state index contributed by atoms with van der Waals surface area (Å²) in [4.78, 5) is 28.9. The summed E-state index contributed by atoms with van der Waals surface area (Å²) in [5, 5.41) is 13.2. The van der Waals surface area contributed by atoms with Gasteiger partial charge in [-0.25, -0.2) is 4.79 Å². The zero-order chi connectivity index (χ0) is 24.0. The first-order valence-corrected chi connectivity index (χ1v) is 11.2. The van der Waals surface area contributed by atoms with Gasteiger partial charge >= 0.3 is 6.09 Å². The fourth-order valence-corrected chi connectivity index (χ4v) is 4.14. The highest BCUT2D eigenvalue weighted by atomic mass is 16.7. The molecule has 34 heavy (non-hydrogen) atoms. The standard InChI is InChI=1S/C14H16N2O3.C13H11NO/c17-13(18)16-8-6-14(7-9-16)10-12(15-19-14)11-4-2-1-3-5-11;14-13(15)12-8-6-11(7-9-12)10-4-2-1-3-5-10/h1-5H,6-10H2,(H,17,18);1-9H,(H2,14,15). The molecule has 7 heteroatoms. The SMILES string of the molecule is NC(=O)c1ccc(-c2ccccc2)cc1.O=C(O)N1CCC2(CC1)CC(c1ccccc1)=NO2. The van der Waals surface area contributed by atoms with Crippen molar-refractivity contribution in [1.29, 1.82) is 0 Å². The number of nitrogens with two attached hydrogens (primary N) is 1. The van der Waals surface area contributed by atoms with Crippen LogP contribution in [-0.2, 0) is 4.84 Å². The maximum Gasteiger partial charge on any atom is 0.407 e. The number of carbonyl (C=O) groups is 2. The molecule has 7 nitrogen and oxygen atoms in total. The van der Waals surface area contributed by atoms with E-state index in [2.05, 4.69) is 5.16 Å². The largest absolute Gasteiger partial charge is 0.465 e. The lowest BCUT2D eigenvalue weighted by atomic mass is 9.85. The van der Waals surface area contributed by atoms with E-state index in [-0.39, 0.29) is 5.60 Å². The number of nitrogens with zero attached hydrogens (tertiary/aromatic N) is 2. The van der Waals surface area contributed by atoms with Gasteiger partial charge in [0.2, 0.25) is 5.91 Å². The summed E-state index contributed by atoms with van der Waals surface area (Å²) in [6.07, 6.45) is 1.33. The van der Waals surface area contributed by atoms with Crippen molar-refractivity contribution >= 4 is 17.7 Å². The summed E-state index contributed by atoms with van der Waals surface area (Å²) in [5.41, 5.74) is 9.67. The normalized spacial score (nSPS) is 16.1. The van der Waals surface area contributed by atoms with Crippen LogP contribution in [0.3, 0.4) is 0 Å². The van der Waals surface area contributed by atoms with Crippen LogP contribution in [0.25, 0.3) is 11.1 Å². The first-order chi connectivity index (χ1) is 16.5. The average Bonchev–Trinajstić information content (AvgIpc) is 3.29. The summed E-state index contributed by atoms with van der Waals surface area (Å²) in [5.74, 6) is -0.394. The van der Waals surface area contributed by atoms with E-state index in [1.165, 1.54) is 4.90 Å². The number of likely N-dealkylation sites (tertiary alicyclic amines) is 1. The number of carboxylic acid groups (broad SMARTS) is 1. The van der Waals surface area contributed by atoms with Crippen LogP contribution in [0.1, 0.15) is 35.2 Å². The molecule has 174 valence electrons. The van der Waals surface area contributed by atoms with Crippen molar-refractivity contribution < 1.29 is 19.5 Å². The summed E-state index contributed by atoms with van der Waals surface area (Å²) < 4.78 is 0. The molecular weight excluding hydrogens is 430 g/mol. The van der Waals surface area contributed by atoms with Gasteiger partial charge in [0.1, 0.15) is 5.60 Å². The Hall–Kier alpha value is -4.13. The molecule has 1 fully saturated rings. The van der Waals surface area contributed by atoms with Crippen LogP contribution in [0.5, 0.6) is 0 Å². The number of rotatable bonds is 3. The lowest BCUT2D eigenvalue weighted by Crippen LogP contribution is -2.46. The van der Waals surface area contributed by atoms with Crippen LogP contribution in [0, 0.1) is 0 Å². The molecule has 1 saturated heterocycles. The van der Waals surface area contributed by atoms with Crippen LogP contribution in [0.4, 0.5) is 4.79 Å². The van der Waals surface area contributed by atoms with E-state index in [9.17, 15) is 9.59 Å². The number of benzene rings is 3. The Morgan fingerprint density at radius 2 is 1.35 bits per heavy atom. The first kappa shape index (κ1) is 23.0. The van der Waals surface area contributed by atoms with Crippen molar-refractivity contribution in [3.63, 3.8) is 0 Å². The Morgan fingerprint density at radius 1 is 0.824 bits per heavy atom. The van der Waals surface area contributed by atoms with Crippen molar-refractivity contribution in [1.82, 2.24) is 4.90 Å². The zero-order valence-electron chi connectivity index (χ0n) is 18.8. The highest BCUT2D eigenvalue weighted by molar-refractivity contribution is 6.01. The lowest BCUT2D eigenvalue weighted by molar-refractivity contribution is -0.0576. The Kier molecular flexibility index (Phi) is 6.92. The van der Waals surface area contributed by atoms with Gasteiger partial charge in [0.25, 0.3) is 0 Å². The fraction of sp³-hybridized carbons (Fsp3) is 0.222. The summed E-state index contributed by atoms with van der Waals surface area (Å²) >= 11 is 0. The molecule has 3 aromatic rings. The van der Waals surface area contributed by atoms with Crippen LogP contribution in [0.2, 0.25) is 0 Å². The third-order valence-corrected chi connectivity index (χ3v) is 6.17. The number of hydrogen-bond acceptors (Lipinski definition) is 4. The quantitative estimate of drug-likeness (QED) is 0.591. The Bertz CT molecular complexity index is 1150. The van der Waals surface area contributed by atoms with Crippen molar-refractivity contribution in [2.45, 2.75) is 24.9 Å². The van der Waals surface area contributed by atoms with Gasteiger partial charge in [0.05, 0.1) is 5.71 Å². The second-order valence-corrected chi connectivity index (χ2v) is 8.43. The minimum absolute atomic E-state index is 0.295. The molecule has 2 aliphatic rings. The molecule has 0 aromatic heterocycles. The molecule has 3 N–H and O–H groups in total. The Balaban J connectivity index is 0.000000166. The highest BCUT2D eigenvalue weighted by Gasteiger charge is 2.43. The van der Waals surface area contributed by atoms with Gasteiger partial charge < -0.3 is 20.6 Å². The molecule has 3 aromatic carbocycles. The molecule has 0 saturated carbocycles. The number of carbonyl (C=O) groups excluding carboxylic acids is 1. The minimum atomic E-state index is -0.850. The van der Waals surface area contributed by atoms with Crippen LogP contribution in [-0.4, -0.2) is 46.4 Å². The van der Waals surface area contributed by atoms with Gasteiger partial charge in [0, 0.05) is 37.9 Å². The fourth-order valence-electron chi connectivity index (χ4n) is 4.14. The van der Waals surface area contributed by atoms with Gasteiger partial charge in [-0.3, -0.25) is 4.79 Å². The molecule has 0 aliphatic carbocycles. The molecule has 0 bridgehead atoms. The van der Waals surface area contributed by atoms with Crippen molar-refractivity contribution in [2.24, 2.45) is 10.9 Å². The van der Waals surface area contributed by atoms with Gasteiger partial charge in [-0.2, -0.15) is 0 Å². The van der Waals surface area contributed by atoms with Crippen molar-refractivity contribution in [3.8, 4) is 11.1 Å². The minimum Gasteiger partial charge on any atom is -0.465 e. The maximum absolute atomic E-state index is 10.9. The third kappa shape index (κ3) is 5.43. The van der Waals surface area contributed by atoms with Gasteiger partial charge in [-0.05, 0) is 28.8 Å². The summed E-state index contributed by atoms with van der Waals surface area (Å²) in [6.45, 7) is 1.04. The molecular formula is C27H27N3O4. The molecule has 0 atom stereocenters. The second kappa shape index (κ2) is 10.2. The van der Waals surface area contributed by atoms with E-state index in [1.54, 1.807) is 12.1 Å². The van der Waals surface area contributed by atoms with Crippen LogP contribution >= 0.6 is 0 Å². The number of primary amides is 1. The Morgan fingerprint density at radius 3 is 1.88 bits per heavy atom. The predicted molar refractivity (Wildman–Crippen MR) is 131 cm³/mol. The molecule has 5 rings (SSSR count). The molecule has 0 unspecified atom stereocenters. The Labute approximate surface area is 198 Å². The van der Waals surface area contributed by atoms with E-state index >= 15 is 0 Å². The van der Waals surface area contributed by atoms with Gasteiger partial charge in [-0.1, -0.05) is 78.0 Å². The third-order valence-electron chi connectivity index (χ3n) is 6.17. The zero-order valence-corrected chi connectivity index (χ0v) is 18.8. The molecule has 2 heterocycles. The van der Waals surface area contributed by atoms with Crippen molar-refractivity contribution in [3.05, 3.63) is 96.1 Å². The molecule has 2 aliphatic heterocycles. The number of piperidine rings is 1. The van der Waals surface area contributed by atoms with Gasteiger partial charge in [-0.15, -0.1) is 0 Å². The second-order valence-electron chi connectivity index (χ2n) is 8.43. The smallest absolute Gasteiger partial charge is 0.407 e. The van der Waals surface area contributed by atoms with E-state index in [0.29, 0.717) is 31.5 Å². The average molecular weight is 458 g/mol. The lowest BCUT2D eigenvalue weighted by Gasteiger charge is -2.35. The monoisotopic (exact) mass is 457 g/mol.